The largest absolute Gasteiger partial charge is 0.340 e. The maximum Gasteiger partial charge on any atom is 0.0946 e. The van der Waals surface area contributed by atoms with Crippen molar-refractivity contribution in [3.8, 4) is 0 Å². The van der Waals surface area contributed by atoms with Gasteiger partial charge in [0.15, 0.2) is 0 Å². The monoisotopic (exact) mass is 165 g/mol. The summed E-state index contributed by atoms with van der Waals surface area (Å²) in [4.78, 5) is 4.33. The smallest absolute Gasteiger partial charge is 0.0946 e. The molecule has 1 aromatic heterocycles. The Labute approximate surface area is 72.6 Å². The number of nitrogens with two attached hydrogens (primary N) is 1. The fourth-order valence-electron chi connectivity index (χ4n) is 1.98. The maximum atomic E-state index is 5.97. The molecule has 2 atom stereocenters. The Morgan fingerprint density at radius 2 is 2.42 bits per heavy atom. The van der Waals surface area contributed by atoms with E-state index in [1.165, 1.54) is 18.5 Å². The summed E-state index contributed by atoms with van der Waals surface area (Å²) in [6.07, 6.45) is 7.54. The summed E-state index contributed by atoms with van der Waals surface area (Å²) in [6, 6.07) is 0.333. The first-order chi connectivity index (χ1) is 5.77. The average Bonchev–Trinajstić information content (AvgIpc) is 2.58. The van der Waals surface area contributed by atoms with E-state index in [9.17, 15) is 0 Å². The molecule has 1 heterocycles. The van der Waals surface area contributed by atoms with Gasteiger partial charge in [-0.2, -0.15) is 0 Å². The van der Waals surface area contributed by atoms with Crippen molar-refractivity contribution >= 4 is 0 Å². The van der Waals surface area contributed by atoms with Crippen LogP contribution in [0, 0.1) is 0 Å². The molecule has 1 aliphatic rings. The van der Waals surface area contributed by atoms with E-state index in [1.807, 2.05) is 17.9 Å². The Balaban J connectivity index is 2.19. The first-order valence-corrected chi connectivity index (χ1v) is 4.51. The van der Waals surface area contributed by atoms with Gasteiger partial charge in [-0.15, -0.1) is 0 Å². The highest BCUT2D eigenvalue weighted by Crippen LogP contribution is 2.31. The van der Waals surface area contributed by atoms with Gasteiger partial charge in [-0.05, 0) is 12.8 Å². The molecule has 2 unspecified atom stereocenters. The molecule has 0 amide bonds. The van der Waals surface area contributed by atoms with Gasteiger partial charge >= 0.3 is 0 Å². The van der Waals surface area contributed by atoms with Crippen LogP contribution in [-0.2, 0) is 7.05 Å². The third-order valence-corrected chi connectivity index (χ3v) is 2.67. The molecule has 0 aromatic carbocycles. The maximum absolute atomic E-state index is 5.97. The van der Waals surface area contributed by atoms with Gasteiger partial charge in [-0.25, -0.2) is 4.98 Å². The van der Waals surface area contributed by atoms with Crippen LogP contribution in [0.4, 0.5) is 0 Å². The third-order valence-electron chi connectivity index (χ3n) is 2.67. The van der Waals surface area contributed by atoms with Gasteiger partial charge in [0.25, 0.3) is 0 Å². The zero-order valence-corrected chi connectivity index (χ0v) is 7.40. The van der Waals surface area contributed by atoms with E-state index in [1.54, 1.807) is 0 Å². The number of hydrogen-bond donors (Lipinski definition) is 1. The predicted molar refractivity (Wildman–Crippen MR) is 47.8 cm³/mol. The minimum absolute atomic E-state index is 0.333. The summed E-state index contributed by atoms with van der Waals surface area (Å²) in [7, 11) is 2.00. The molecule has 66 valence electrons. The van der Waals surface area contributed by atoms with Crippen molar-refractivity contribution in [3.63, 3.8) is 0 Å². The van der Waals surface area contributed by atoms with Gasteiger partial charge in [-0.1, -0.05) is 6.42 Å². The fraction of sp³-hybridized carbons (Fsp3) is 0.667. The average molecular weight is 165 g/mol. The number of hydrogen-bond acceptors (Lipinski definition) is 2. The minimum Gasteiger partial charge on any atom is -0.340 e. The van der Waals surface area contributed by atoms with Crippen LogP contribution in [0.5, 0.6) is 0 Å². The number of aromatic nitrogens is 2. The molecule has 1 saturated carbocycles. The highest BCUT2D eigenvalue weighted by atomic mass is 15.0. The Bertz CT molecular complexity index is 266. The second-order valence-corrected chi connectivity index (χ2v) is 3.67. The lowest BCUT2D eigenvalue weighted by Gasteiger charge is -2.11. The molecule has 2 rings (SSSR count). The lowest BCUT2D eigenvalue weighted by Crippen LogP contribution is -2.22. The van der Waals surface area contributed by atoms with Crippen LogP contribution in [-0.4, -0.2) is 15.6 Å². The van der Waals surface area contributed by atoms with Crippen molar-refractivity contribution in [2.75, 3.05) is 0 Å². The lowest BCUT2D eigenvalue weighted by atomic mass is 10.0. The Kier molecular flexibility index (Phi) is 1.89. The summed E-state index contributed by atoms with van der Waals surface area (Å²) < 4.78 is 1.99. The molecule has 0 saturated heterocycles. The van der Waals surface area contributed by atoms with E-state index in [-0.39, 0.29) is 0 Å². The van der Waals surface area contributed by atoms with Crippen LogP contribution in [0.1, 0.15) is 30.9 Å². The van der Waals surface area contributed by atoms with Gasteiger partial charge in [-0.3, -0.25) is 0 Å². The van der Waals surface area contributed by atoms with Crippen molar-refractivity contribution in [2.45, 2.75) is 31.2 Å². The highest BCUT2D eigenvalue weighted by Gasteiger charge is 2.26. The summed E-state index contributed by atoms with van der Waals surface area (Å²) in [5.41, 5.74) is 7.14. The van der Waals surface area contributed by atoms with E-state index < -0.39 is 0 Å². The third kappa shape index (κ3) is 1.25. The molecular formula is C9H15N3. The van der Waals surface area contributed by atoms with Crippen LogP contribution in [0.2, 0.25) is 0 Å². The summed E-state index contributed by atoms with van der Waals surface area (Å²) in [6.45, 7) is 0. The van der Waals surface area contributed by atoms with Gasteiger partial charge in [0, 0.05) is 25.2 Å². The molecule has 12 heavy (non-hydrogen) atoms. The van der Waals surface area contributed by atoms with Crippen LogP contribution in [0.15, 0.2) is 12.5 Å². The second kappa shape index (κ2) is 2.90. The molecule has 3 heteroatoms. The summed E-state index contributed by atoms with van der Waals surface area (Å²) in [5.74, 6) is 0.506. The SMILES string of the molecule is Cn1cnc(C2CCCC2N)c1. The van der Waals surface area contributed by atoms with Crippen LogP contribution in [0.25, 0.3) is 0 Å². The zero-order valence-electron chi connectivity index (χ0n) is 7.40. The first kappa shape index (κ1) is 7.80. The molecule has 1 aromatic rings. The van der Waals surface area contributed by atoms with Crippen molar-refractivity contribution in [2.24, 2.45) is 12.8 Å². The molecule has 0 radical (unpaired) electrons. The lowest BCUT2D eigenvalue weighted by molar-refractivity contribution is 0.600. The number of nitrogens with zero attached hydrogens (tertiary/aromatic N) is 2. The van der Waals surface area contributed by atoms with E-state index in [0.717, 1.165) is 6.42 Å². The first-order valence-electron chi connectivity index (χ1n) is 4.51. The van der Waals surface area contributed by atoms with Crippen LogP contribution >= 0.6 is 0 Å². The van der Waals surface area contributed by atoms with E-state index in [2.05, 4.69) is 11.2 Å². The Morgan fingerprint density at radius 3 is 2.92 bits per heavy atom. The second-order valence-electron chi connectivity index (χ2n) is 3.67. The standard InChI is InChI=1S/C9H15N3/c1-12-5-9(11-6-12)7-3-2-4-8(7)10/h5-8H,2-4,10H2,1H3. The number of rotatable bonds is 1. The fourth-order valence-corrected chi connectivity index (χ4v) is 1.98. The van der Waals surface area contributed by atoms with Crippen molar-refractivity contribution < 1.29 is 0 Å². The van der Waals surface area contributed by atoms with Crippen LogP contribution < -0.4 is 5.73 Å². The van der Waals surface area contributed by atoms with Crippen molar-refractivity contribution in [1.82, 2.24) is 9.55 Å². The highest BCUT2D eigenvalue weighted by molar-refractivity contribution is 5.10. The molecular weight excluding hydrogens is 150 g/mol. The van der Waals surface area contributed by atoms with E-state index in [0.29, 0.717) is 12.0 Å². The number of imidazole rings is 1. The summed E-state index contributed by atoms with van der Waals surface area (Å²) in [5, 5.41) is 0. The quantitative estimate of drug-likeness (QED) is 0.675. The Morgan fingerprint density at radius 1 is 1.58 bits per heavy atom. The van der Waals surface area contributed by atoms with E-state index >= 15 is 0 Å². The van der Waals surface area contributed by atoms with Gasteiger partial charge in [0.1, 0.15) is 0 Å². The topological polar surface area (TPSA) is 43.8 Å². The van der Waals surface area contributed by atoms with Crippen molar-refractivity contribution in [3.05, 3.63) is 18.2 Å². The van der Waals surface area contributed by atoms with Crippen LogP contribution in [0.3, 0.4) is 0 Å². The minimum atomic E-state index is 0.333. The molecule has 2 N–H and O–H groups in total. The molecule has 3 nitrogen and oxygen atoms in total. The molecule has 0 aliphatic heterocycles. The molecule has 1 fully saturated rings. The Hall–Kier alpha value is -0.830. The molecule has 1 aliphatic carbocycles. The number of aryl methyl sites for hydroxylation is 1. The van der Waals surface area contributed by atoms with E-state index in [4.69, 9.17) is 5.73 Å². The predicted octanol–water partition coefficient (Wildman–Crippen LogP) is 1.01. The van der Waals surface area contributed by atoms with Gasteiger partial charge < -0.3 is 10.3 Å². The molecule has 0 bridgehead atoms. The summed E-state index contributed by atoms with van der Waals surface area (Å²) >= 11 is 0. The van der Waals surface area contributed by atoms with Crippen molar-refractivity contribution in [1.29, 1.82) is 0 Å². The van der Waals surface area contributed by atoms with Gasteiger partial charge in [0.05, 0.1) is 12.0 Å². The van der Waals surface area contributed by atoms with Gasteiger partial charge in [0.2, 0.25) is 0 Å². The zero-order chi connectivity index (χ0) is 8.55. The molecule has 0 spiro atoms. The normalized spacial score (nSPS) is 29.5.